The average Bonchev–Trinajstić information content (AvgIpc) is 2.47. The van der Waals surface area contributed by atoms with E-state index in [0.29, 0.717) is 23.5 Å². The number of rotatable bonds is 6. The van der Waals surface area contributed by atoms with Gasteiger partial charge >= 0.3 is 0 Å². The second kappa shape index (κ2) is 6.30. The smallest absolute Gasteiger partial charge is 0.131 e. The van der Waals surface area contributed by atoms with E-state index in [9.17, 15) is 5.11 Å². The van der Waals surface area contributed by atoms with Gasteiger partial charge in [0.25, 0.3) is 0 Å². The lowest BCUT2D eigenvalue weighted by molar-refractivity contribution is 0.131. The molecule has 0 spiro atoms. The third-order valence-corrected chi connectivity index (χ3v) is 2.88. The van der Waals surface area contributed by atoms with Gasteiger partial charge in [0.15, 0.2) is 0 Å². The minimum atomic E-state index is -0.319. The molecule has 0 aliphatic carbocycles. The molecule has 0 saturated heterocycles. The van der Waals surface area contributed by atoms with Crippen LogP contribution in [-0.4, -0.2) is 29.5 Å². The molecule has 0 fully saturated rings. The highest BCUT2D eigenvalue weighted by atomic mass is 16.5. The van der Waals surface area contributed by atoms with Crippen molar-refractivity contribution in [3.8, 4) is 17.2 Å². The standard InChI is InChI=1S/C16H18O4/c1-3-9-19-15-6-4-5-12-14(20-11(2)10-17)8-7-13(18)16(12)15/h3-8,11,17-18H,1,9-10H2,2H3/t11-/m1/s1. The Morgan fingerprint density at radius 2 is 2.05 bits per heavy atom. The zero-order valence-electron chi connectivity index (χ0n) is 11.4. The van der Waals surface area contributed by atoms with Crippen LogP contribution in [0.1, 0.15) is 6.92 Å². The lowest BCUT2D eigenvalue weighted by atomic mass is 10.1. The maximum Gasteiger partial charge on any atom is 0.131 e. The van der Waals surface area contributed by atoms with E-state index >= 15 is 0 Å². The number of hydrogen-bond donors (Lipinski definition) is 2. The molecule has 0 aliphatic rings. The number of phenols is 1. The molecule has 1 atom stereocenters. The summed E-state index contributed by atoms with van der Waals surface area (Å²) in [4.78, 5) is 0. The molecule has 2 aromatic rings. The predicted octanol–water partition coefficient (Wildman–Crippen LogP) is 2.87. The maximum absolute atomic E-state index is 10.1. The first-order valence-electron chi connectivity index (χ1n) is 6.43. The van der Waals surface area contributed by atoms with Crippen LogP contribution in [0.15, 0.2) is 43.0 Å². The topological polar surface area (TPSA) is 58.9 Å². The van der Waals surface area contributed by atoms with E-state index in [0.717, 1.165) is 5.39 Å². The summed E-state index contributed by atoms with van der Waals surface area (Å²) in [6.07, 6.45) is 1.32. The van der Waals surface area contributed by atoms with E-state index in [1.165, 1.54) is 0 Å². The normalized spacial score (nSPS) is 12.1. The third kappa shape index (κ3) is 2.86. The summed E-state index contributed by atoms with van der Waals surface area (Å²) in [7, 11) is 0. The van der Waals surface area contributed by atoms with Crippen LogP contribution in [0.5, 0.6) is 17.2 Å². The molecule has 0 amide bonds. The van der Waals surface area contributed by atoms with E-state index in [1.807, 2.05) is 12.1 Å². The van der Waals surface area contributed by atoms with Crippen molar-refractivity contribution in [1.29, 1.82) is 0 Å². The van der Waals surface area contributed by atoms with E-state index in [-0.39, 0.29) is 18.5 Å². The fourth-order valence-electron chi connectivity index (χ4n) is 1.95. The highest BCUT2D eigenvalue weighted by molar-refractivity contribution is 5.97. The summed E-state index contributed by atoms with van der Waals surface area (Å²) >= 11 is 0. The van der Waals surface area contributed by atoms with E-state index in [4.69, 9.17) is 14.6 Å². The molecule has 0 unspecified atom stereocenters. The number of fused-ring (bicyclic) bond motifs is 1. The number of phenolic OH excluding ortho intramolecular Hbond substituents is 1. The molecule has 0 aromatic heterocycles. The van der Waals surface area contributed by atoms with Crippen LogP contribution in [0.4, 0.5) is 0 Å². The molecular formula is C16H18O4. The fourth-order valence-corrected chi connectivity index (χ4v) is 1.95. The van der Waals surface area contributed by atoms with Crippen molar-refractivity contribution in [2.75, 3.05) is 13.2 Å². The first kappa shape index (κ1) is 14.2. The van der Waals surface area contributed by atoms with Crippen molar-refractivity contribution >= 4 is 10.8 Å². The monoisotopic (exact) mass is 274 g/mol. The molecule has 2 N–H and O–H groups in total. The molecule has 2 aromatic carbocycles. The third-order valence-electron chi connectivity index (χ3n) is 2.88. The molecule has 20 heavy (non-hydrogen) atoms. The molecule has 2 rings (SSSR count). The Kier molecular flexibility index (Phi) is 4.48. The van der Waals surface area contributed by atoms with Gasteiger partial charge in [0.1, 0.15) is 30.0 Å². The first-order valence-corrected chi connectivity index (χ1v) is 6.43. The largest absolute Gasteiger partial charge is 0.507 e. The van der Waals surface area contributed by atoms with Crippen LogP contribution in [0, 0.1) is 0 Å². The minimum absolute atomic E-state index is 0.0744. The molecule has 0 saturated carbocycles. The Bertz CT molecular complexity index is 607. The number of aromatic hydroxyl groups is 1. The maximum atomic E-state index is 10.1. The quantitative estimate of drug-likeness (QED) is 0.795. The summed E-state index contributed by atoms with van der Waals surface area (Å²) in [5.74, 6) is 1.30. The van der Waals surface area contributed by atoms with E-state index in [2.05, 4.69) is 6.58 Å². The SMILES string of the molecule is C=CCOc1cccc2c(O[C@H](C)CO)ccc(O)c12. The number of benzene rings is 2. The van der Waals surface area contributed by atoms with Crippen molar-refractivity contribution < 1.29 is 19.7 Å². The Morgan fingerprint density at radius 3 is 2.75 bits per heavy atom. The average molecular weight is 274 g/mol. The van der Waals surface area contributed by atoms with Gasteiger partial charge in [0, 0.05) is 5.39 Å². The van der Waals surface area contributed by atoms with Gasteiger partial charge in [-0.2, -0.15) is 0 Å². The summed E-state index contributed by atoms with van der Waals surface area (Å²) in [6, 6.07) is 8.69. The van der Waals surface area contributed by atoms with Gasteiger partial charge in [-0.05, 0) is 25.1 Å². The van der Waals surface area contributed by atoms with Gasteiger partial charge in [-0.25, -0.2) is 0 Å². The summed E-state index contributed by atoms with van der Waals surface area (Å²) in [5.41, 5.74) is 0. The molecule has 0 bridgehead atoms. The summed E-state index contributed by atoms with van der Waals surface area (Å²) < 4.78 is 11.2. The van der Waals surface area contributed by atoms with Crippen LogP contribution < -0.4 is 9.47 Å². The van der Waals surface area contributed by atoms with Gasteiger partial charge in [-0.15, -0.1) is 0 Å². The van der Waals surface area contributed by atoms with Crippen LogP contribution in [0.25, 0.3) is 10.8 Å². The highest BCUT2D eigenvalue weighted by Gasteiger charge is 2.13. The predicted molar refractivity (Wildman–Crippen MR) is 78.5 cm³/mol. The van der Waals surface area contributed by atoms with Gasteiger partial charge in [0.2, 0.25) is 0 Å². The van der Waals surface area contributed by atoms with Crippen LogP contribution in [-0.2, 0) is 0 Å². The molecule has 106 valence electrons. The summed E-state index contributed by atoms with van der Waals surface area (Å²) in [5, 5.41) is 20.5. The lowest BCUT2D eigenvalue weighted by Crippen LogP contribution is -2.16. The number of aliphatic hydroxyl groups is 1. The number of aliphatic hydroxyl groups excluding tert-OH is 1. The van der Waals surface area contributed by atoms with Crippen LogP contribution >= 0.6 is 0 Å². The van der Waals surface area contributed by atoms with Crippen LogP contribution in [0.3, 0.4) is 0 Å². The molecule has 0 heterocycles. The highest BCUT2D eigenvalue weighted by Crippen LogP contribution is 2.38. The molecule has 0 aliphatic heterocycles. The Balaban J connectivity index is 2.52. The van der Waals surface area contributed by atoms with Crippen molar-refractivity contribution in [3.63, 3.8) is 0 Å². The molecule has 4 nitrogen and oxygen atoms in total. The summed E-state index contributed by atoms with van der Waals surface area (Å²) in [6.45, 7) is 5.66. The zero-order chi connectivity index (χ0) is 14.5. The Labute approximate surface area is 117 Å². The van der Waals surface area contributed by atoms with E-state index < -0.39 is 0 Å². The number of ether oxygens (including phenoxy) is 2. The minimum Gasteiger partial charge on any atom is -0.507 e. The van der Waals surface area contributed by atoms with Crippen molar-refractivity contribution in [2.24, 2.45) is 0 Å². The second-order valence-electron chi connectivity index (χ2n) is 4.47. The Hall–Kier alpha value is -2.20. The molecule has 0 radical (unpaired) electrons. The van der Waals surface area contributed by atoms with Crippen molar-refractivity contribution in [2.45, 2.75) is 13.0 Å². The first-order chi connectivity index (χ1) is 9.67. The molecular weight excluding hydrogens is 256 g/mol. The molecule has 4 heteroatoms. The van der Waals surface area contributed by atoms with Gasteiger partial charge in [0.05, 0.1) is 12.0 Å². The van der Waals surface area contributed by atoms with Crippen LogP contribution in [0.2, 0.25) is 0 Å². The van der Waals surface area contributed by atoms with Gasteiger partial charge in [-0.3, -0.25) is 0 Å². The van der Waals surface area contributed by atoms with Crippen molar-refractivity contribution in [3.05, 3.63) is 43.0 Å². The second-order valence-corrected chi connectivity index (χ2v) is 4.47. The fraction of sp³-hybridized carbons (Fsp3) is 0.250. The van der Waals surface area contributed by atoms with E-state index in [1.54, 1.807) is 31.2 Å². The van der Waals surface area contributed by atoms with Gasteiger partial charge in [-0.1, -0.05) is 24.8 Å². The zero-order valence-corrected chi connectivity index (χ0v) is 11.4. The van der Waals surface area contributed by atoms with Crippen molar-refractivity contribution in [1.82, 2.24) is 0 Å². The lowest BCUT2D eigenvalue weighted by Gasteiger charge is -2.16. The number of hydrogen-bond acceptors (Lipinski definition) is 4. The van der Waals surface area contributed by atoms with Gasteiger partial charge < -0.3 is 19.7 Å². The Morgan fingerprint density at radius 1 is 1.25 bits per heavy atom.